The fourth-order valence-electron chi connectivity index (χ4n) is 1.70. The van der Waals surface area contributed by atoms with Gasteiger partial charge in [-0.15, -0.1) is 0 Å². The minimum Gasteiger partial charge on any atom is -0.303 e. The SMILES string of the molecule is O=CCCn1nc(Br)c(=O)n(C(=O)c2ccccc2)c1=O. The lowest BCUT2D eigenvalue weighted by molar-refractivity contribution is -0.108. The molecule has 108 valence electrons. The molecule has 21 heavy (non-hydrogen) atoms. The molecular formula is C13H10BrN3O4. The standard InChI is InChI=1S/C13H10BrN3O4/c14-10-12(20)17(11(19)9-5-2-1-3-6-9)13(21)16(15-10)7-4-8-18/h1-3,5-6,8H,4,7H2. The molecule has 1 aromatic carbocycles. The molecule has 7 nitrogen and oxygen atoms in total. The molecule has 0 atom stereocenters. The Balaban J connectivity index is 2.60. The second kappa shape index (κ2) is 6.40. The summed E-state index contributed by atoms with van der Waals surface area (Å²) in [6, 6.07) is 7.96. The third-order valence-corrected chi connectivity index (χ3v) is 3.18. The molecule has 0 aliphatic carbocycles. The Morgan fingerprint density at radius 1 is 1.24 bits per heavy atom. The smallest absolute Gasteiger partial charge is 0.303 e. The predicted octanol–water partition coefficient (Wildman–Crippen LogP) is 0.445. The molecule has 8 heteroatoms. The van der Waals surface area contributed by atoms with Crippen LogP contribution in [0.4, 0.5) is 0 Å². The van der Waals surface area contributed by atoms with Gasteiger partial charge in [0.05, 0.1) is 6.54 Å². The molecule has 0 saturated carbocycles. The maximum absolute atomic E-state index is 12.3. The van der Waals surface area contributed by atoms with Crippen LogP contribution in [0.2, 0.25) is 0 Å². The highest BCUT2D eigenvalue weighted by Gasteiger charge is 2.18. The molecule has 0 aliphatic heterocycles. The van der Waals surface area contributed by atoms with Crippen LogP contribution in [0.1, 0.15) is 16.8 Å². The normalized spacial score (nSPS) is 10.3. The summed E-state index contributed by atoms with van der Waals surface area (Å²) in [6.45, 7) is -0.0106. The van der Waals surface area contributed by atoms with E-state index >= 15 is 0 Å². The molecule has 0 N–H and O–H groups in total. The van der Waals surface area contributed by atoms with Gasteiger partial charge in [-0.05, 0) is 28.1 Å². The molecule has 2 rings (SSSR count). The maximum Gasteiger partial charge on any atom is 0.354 e. The van der Waals surface area contributed by atoms with Crippen LogP contribution in [0.15, 0.2) is 44.5 Å². The Morgan fingerprint density at radius 3 is 2.52 bits per heavy atom. The number of benzene rings is 1. The number of carbonyl (C=O) groups is 2. The van der Waals surface area contributed by atoms with Gasteiger partial charge in [0, 0.05) is 12.0 Å². The highest BCUT2D eigenvalue weighted by atomic mass is 79.9. The number of aromatic nitrogens is 3. The lowest BCUT2D eigenvalue weighted by Crippen LogP contribution is -2.45. The summed E-state index contributed by atoms with van der Waals surface area (Å²) < 4.78 is 1.23. The van der Waals surface area contributed by atoms with Crippen LogP contribution in [0.5, 0.6) is 0 Å². The second-order valence-corrected chi connectivity index (χ2v) is 4.81. The fraction of sp³-hybridized carbons (Fsp3) is 0.154. The first-order chi connectivity index (χ1) is 10.1. The van der Waals surface area contributed by atoms with Crippen molar-refractivity contribution in [3.8, 4) is 0 Å². The van der Waals surface area contributed by atoms with E-state index in [0.717, 1.165) is 4.68 Å². The zero-order valence-corrected chi connectivity index (χ0v) is 12.3. The van der Waals surface area contributed by atoms with Crippen LogP contribution in [0, 0.1) is 0 Å². The first kappa shape index (κ1) is 15.0. The summed E-state index contributed by atoms with van der Waals surface area (Å²) >= 11 is 2.92. The molecule has 1 aromatic heterocycles. The number of hydrogen-bond donors (Lipinski definition) is 0. The summed E-state index contributed by atoms with van der Waals surface area (Å²) in [5, 5.41) is 3.72. The van der Waals surface area contributed by atoms with Gasteiger partial charge in [-0.3, -0.25) is 9.59 Å². The van der Waals surface area contributed by atoms with Gasteiger partial charge in [0.1, 0.15) is 6.29 Å². The quantitative estimate of drug-likeness (QED) is 0.745. The van der Waals surface area contributed by atoms with E-state index in [2.05, 4.69) is 21.0 Å². The third kappa shape index (κ3) is 3.05. The van der Waals surface area contributed by atoms with Gasteiger partial charge >= 0.3 is 5.69 Å². The molecule has 0 radical (unpaired) electrons. The van der Waals surface area contributed by atoms with Crippen molar-refractivity contribution in [1.29, 1.82) is 0 Å². The topological polar surface area (TPSA) is 91.0 Å². The van der Waals surface area contributed by atoms with E-state index < -0.39 is 17.2 Å². The van der Waals surface area contributed by atoms with Crippen molar-refractivity contribution < 1.29 is 9.59 Å². The molecule has 0 amide bonds. The molecule has 2 aromatic rings. The molecular weight excluding hydrogens is 342 g/mol. The summed E-state index contributed by atoms with van der Waals surface area (Å²) in [4.78, 5) is 46.8. The summed E-state index contributed by atoms with van der Waals surface area (Å²) in [6.07, 6.45) is 0.674. The fourth-order valence-corrected chi connectivity index (χ4v) is 2.06. The summed E-state index contributed by atoms with van der Waals surface area (Å²) in [5.41, 5.74) is -1.51. The number of rotatable bonds is 4. The first-order valence-corrected chi connectivity index (χ1v) is 6.78. The van der Waals surface area contributed by atoms with Crippen LogP contribution in [-0.4, -0.2) is 26.5 Å². The van der Waals surface area contributed by atoms with Gasteiger partial charge in [-0.25, -0.2) is 9.48 Å². The van der Waals surface area contributed by atoms with Crippen molar-refractivity contribution in [1.82, 2.24) is 14.3 Å². The van der Waals surface area contributed by atoms with E-state index in [1.54, 1.807) is 18.2 Å². The molecule has 0 aliphatic rings. The number of aryl methyl sites for hydroxylation is 1. The zero-order chi connectivity index (χ0) is 15.4. The van der Waals surface area contributed by atoms with E-state index in [1.165, 1.54) is 12.1 Å². The molecule has 0 bridgehead atoms. The number of carbonyl (C=O) groups excluding carboxylic acids is 2. The second-order valence-electron chi connectivity index (χ2n) is 4.06. The molecule has 0 saturated heterocycles. The number of halogens is 1. The minimum absolute atomic E-state index is 0.0106. The summed E-state index contributed by atoms with van der Waals surface area (Å²) in [5.74, 6) is -0.742. The Hall–Kier alpha value is -2.35. The average Bonchev–Trinajstić information content (AvgIpc) is 2.50. The van der Waals surface area contributed by atoms with Crippen molar-refractivity contribution >= 4 is 28.1 Å². The third-order valence-electron chi connectivity index (χ3n) is 2.68. The van der Waals surface area contributed by atoms with Crippen LogP contribution in [-0.2, 0) is 11.3 Å². The number of aldehydes is 1. The van der Waals surface area contributed by atoms with E-state index in [1.807, 2.05) is 0 Å². The number of nitrogens with zero attached hydrogens (tertiary/aromatic N) is 3. The Labute approximate surface area is 127 Å². The molecule has 0 unspecified atom stereocenters. The van der Waals surface area contributed by atoms with Crippen LogP contribution in [0.25, 0.3) is 0 Å². The highest BCUT2D eigenvalue weighted by molar-refractivity contribution is 9.10. The van der Waals surface area contributed by atoms with Gasteiger partial charge in [0.2, 0.25) is 0 Å². The van der Waals surface area contributed by atoms with Gasteiger partial charge in [-0.1, -0.05) is 18.2 Å². The molecule has 0 fully saturated rings. The van der Waals surface area contributed by atoms with Crippen LogP contribution < -0.4 is 11.2 Å². The summed E-state index contributed by atoms with van der Waals surface area (Å²) in [7, 11) is 0. The van der Waals surface area contributed by atoms with Crippen LogP contribution >= 0.6 is 15.9 Å². The highest BCUT2D eigenvalue weighted by Crippen LogP contribution is 2.01. The average molecular weight is 352 g/mol. The minimum atomic E-state index is -0.876. The monoisotopic (exact) mass is 351 g/mol. The van der Waals surface area contributed by atoms with E-state index in [4.69, 9.17) is 0 Å². The van der Waals surface area contributed by atoms with Crippen molar-refractivity contribution in [2.75, 3.05) is 0 Å². The van der Waals surface area contributed by atoms with E-state index in [9.17, 15) is 19.2 Å². The van der Waals surface area contributed by atoms with Crippen molar-refractivity contribution in [2.45, 2.75) is 13.0 Å². The van der Waals surface area contributed by atoms with E-state index in [0.29, 0.717) is 10.9 Å². The van der Waals surface area contributed by atoms with Crippen molar-refractivity contribution in [3.05, 3.63) is 61.3 Å². The van der Waals surface area contributed by atoms with E-state index in [-0.39, 0.29) is 23.1 Å². The first-order valence-electron chi connectivity index (χ1n) is 5.99. The predicted molar refractivity (Wildman–Crippen MR) is 77.3 cm³/mol. The van der Waals surface area contributed by atoms with Gasteiger partial charge in [0.15, 0.2) is 4.60 Å². The lowest BCUT2D eigenvalue weighted by atomic mass is 10.2. The molecule has 1 heterocycles. The Bertz CT molecular complexity index is 795. The lowest BCUT2D eigenvalue weighted by Gasteiger charge is -2.08. The number of hydrogen-bond acceptors (Lipinski definition) is 5. The van der Waals surface area contributed by atoms with Crippen LogP contribution in [0.3, 0.4) is 0 Å². The Morgan fingerprint density at radius 2 is 1.90 bits per heavy atom. The largest absolute Gasteiger partial charge is 0.354 e. The van der Waals surface area contributed by atoms with Gasteiger partial charge in [-0.2, -0.15) is 9.67 Å². The van der Waals surface area contributed by atoms with Gasteiger partial charge in [0.25, 0.3) is 11.5 Å². The van der Waals surface area contributed by atoms with Gasteiger partial charge < -0.3 is 4.79 Å². The molecule has 0 spiro atoms. The van der Waals surface area contributed by atoms with Crippen molar-refractivity contribution in [2.24, 2.45) is 0 Å². The maximum atomic E-state index is 12.3. The Kier molecular flexibility index (Phi) is 4.59. The zero-order valence-electron chi connectivity index (χ0n) is 10.7. The van der Waals surface area contributed by atoms with Crippen molar-refractivity contribution in [3.63, 3.8) is 0 Å².